The second-order valence-electron chi connectivity index (χ2n) is 4.20. The van der Waals surface area contributed by atoms with Crippen molar-refractivity contribution < 1.29 is 19.4 Å². The highest BCUT2D eigenvalue weighted by Gasteiger charge is 2.15. The average Bonchev–Trinajstić information content (AvgIpc) is 2.78. The van der Waals surface area contributed by atoms with E-state index in [1.54, 1.807) is 13.1 Å². The maximum atomic E-state index is 11.8. The maximum Gasteiger partial charge on any atom is 0.317 e. The summed E-state index contributed by atoms with van der Waals surface area (Å²) in [6.07, 6.45) is -0.692. The molecular formula is C12H17ClN2O4S. The van der Waals surface area contributed by atoms with Crippen LogP contribution in [0.3, 0.4) is 0 Å². The Morgan fingerprint density at radius 2 is 2.25 bits per heavy atom. The number of carboxylic acids is 1. The molecule has 2 amide bonds. The van der Waals surface area contributed by atoms with Gasteiger partial charge in [-0.3, -0.25) is 4.79 Å². The van der Waals surface area contributed by atoms with E-state index in [0.717, 1.165) is 4.88 Å². The number of methoxy groups -OCH3 is 1. The number of amides is 2. The summed E-state index contributed by atoms with van der Waals surface area (Å²) in [7, 11) is 3.07. The van der Waals surface area contributed by atoms with Crippen molar-refractivity contribution in [2.24, 2.45) is 0 Å². The zero-order chi connectivity index (χ0) is 15.1. The number of urea groups is 1. The summed E-state index contributed by atoms with van der Waals surface area (Å²) in [4.78, 5) is 24.9. The number of carbonyl (C=O) groups excluding carboxylic acids is 1. The number of rotatable bonds is 7. The van der Waals surface area contributed by atoms with Crippen LogP contribution in [0.2, 0.25) is 4.34 Å². The predicted octanol–water partition coefficient (Wildman–Crippen LogP) is 2.03. The fourth-order valence-electron chi connectivity index (χ4n) is 1.51. The van der Waals surface area contributed by atoms with Crippen molar-refractivity contribution in [1.29, 1.82) is 0 Å². The number of aliphatic carboxylic acids is 1. The lowest BCUT2D eigenvalue weighted by molar-refractivity contribution is -0.139. The highest BCUT2D eigenvalue weighted by atomic mass is 35.5. The second-order valence-corrected chi connectivity index (χ2v) is 6.00. The number of nitrogens with zero attached hydrogens (tertiary/aromatic N) is 1. The molecule has 8 heteroatoms. The van der Waals surface area contributed by atoms with Gasteiger partial charge in [0.2, 0.25) is 0 Å². The molecule has 0 fully saturated rings. The molecule has 0 bridgehead atoms. The normalized spacial score (nSPS) is 11.9. The van der Waals surface area contributed by atoms with Crippen LogP contribution in [0.25, 0.3) is 0 Å². The maximum absolute atomic E-state index is 11.8. The number of halogens is 1. The Kier molecular flexibility index (Phi) is 6.77. The zero-order valence-electron chi connectivity index (χ0n) is 11.3. The third kappa shape index (κ3) is 5.77. The first-order valence-corrected chi connectivity index (χ1v) is 7.09. The lowest BCUT2D eigenvalue weighted by atomic mass is 10.2. The molecule has 1 heterocycles. The second kappa shape index (κ2) is 8.08. The highest BCUT2D eigenvalue weighted by Crippen LogP contribution is 2.22. The van der Waals surface area contributed by atoms with Gasteiger partial charge in [-0.05, 0) is 12.1 Å². The van der Waals surface area contributed by atoms with Crippen molar-refractivity contribution in [3.05, 3.63) is 21.3 Å². The van der Waals surface area contributed by atoms with Gasteiger partial charge in [0.05, 0.1) is 23.4 Å². The fraction of sp³-hybridized carbons (Fsp3) is 0.500. The number of hydrogen-bond acceptors (Lipinski definition) is 4. The fourth-order valence-corrected chi connectivity index (χ4v) is 2.65. The first-order valence-electron chi connectivity index (χ1n) is 5.90. The van der Waals surface area contributed by atoms with Crippen LogP contribution in [0, 0.1) is 0 Å². The molecule has 0 saturated carbocycles. The van der Waals surface area contributed by atoms with Gasteiger partial charge in [-0.1, -0.05) is 11.6 Å². The molecule has 0 aliphatic rings. The predicted molar refractivity (Wildman–Crippen MR) is 77.2 cm³/mol. The van der Waals surface area contributed by atoms with Gasteiger partial charge < -0.3 is 20.1 Å². The number of hydrogen-bond donors (Lipinski definition) is 2. The molecule has 0 spiro atoms. The molecule has 0 aliphatic heterocycles. The van der Waals surface area contributed by atoms with Crippen molar-refractivity contribution in [3.63, 3.8) is 0 Å². The first-order chi connectivity index (χ1) is 9.42. The molecule has 0 saturated heterocycles. The van der Waals surface area contributed by atoms with Gasteiger partial charge >= 0.3 is 12.0 Å². The summed E-state index contributed by atoms with van der Waals surface area (Å²) in [5.41, 5.74) is 0. The summed E-state index contributed by atoms with van der Waals surface area (Å²) < 4.78 is 5.66. The summed E-state index contributed by atoms with van der Waals surface area (Å²) in [6, 6.07) is 3.35. The van der Waals surface area contributed by atoms with Crippen LogP contribution < -0.4 is 5.32 Å². The van der Waals surface area contributed by atoms with Crippen molar-refractivity contribution in [1.82, 2.24) is 10.2 Å². The standard InChI is InChI=1S/C12H17ClN2O4S/c1-15(7-9-3-4-10(13)20-9)12(18)14-6-8(19-2)5-11(16)17/h3-4,8H,5-7H2,1-2H3,(H,14,18)(H,16,17). The van der Waals surface area contributed by atoms with Gasteiger partial charge in [0.25, 0.3) is 0 Å². The first kappa shape index (κ1) is 16.7. The molecule has 1 aromatic rings. The Morgan fingerprint density at radius 1 is 1.55 bits per heavy atom. The minimum Gasteiger partial charge on any atom is -0.481 e. The Bertz CT molecular complexity index is 466. The van der Waals surface area contributed by atoms with Crippen LogP contribution in [0.1, 0.15) is 11.3 Å². The summed E-state index contributed by atoms with van der Waals surface area (Å²) in [5, 5.41) is 11.3. The van der Waals surface area contributed by atoms with Crippen molar-refractivity contribution in [2.45, 2.75) is 19.1 Å². The highest BCUT2D eigenvalue weighted by molar-refractivity contribution is 7.16. The molecule has 1 aromatic heterocycles. The Hall–Kier alpha value is -1.31. The van der Waals surface area contributed by atoms with E-state index in [4.69, 9.17) is 21.4 Å². The molecule has 1 atom stereocenters. The van der Waals surface area contributed by atoms with E-state index in [9.17, 15) is 9.59 Å². The molecule has 112 valence electrons. The smallest absolute Gasteiger partial charge is 0.317 e. The molecule has 0 aliphatic carbocycles. The van der Waals surface area contributed by atoms with Crippen molar-refractivity contribution in [2.75, 3.05) is 20.7 Å². The van der Waals surface area contributed by atoms with Crippen LogP contribution in [-0.2, 0) is 16.1 Å². The van der Waals surface area contributed by atoms with Gasteiger partial charge in [0, 0.05) is 25.6 Å². The quantitative estimate of drug-likeness (QED) is 0.805. The Morgan fingerprint density at radius 3 is 2.75 bits per heavy atom. The van der Waals surface area contributed by atoms with E-state index >= 15 is 0 Å². The zero-order valence-corrected chi connectivity index (χ0v) is 12.8. The van der Waals surface area contributed by atoms with Gasteiger partial charge in [0.15, 0.2) is 0 Å². The van der Waals surface area contributed by atoms with Gasteiger partial charge in [-0.2, -0.15) is 0 Å². The number of ether oxygens (including phenoxy) is 1. The molecular weight excluding hydrogens is 304 g/mol. The van der Waals surface area contributed by atoms with Crippen LogP contribution in [0.4, 0.5) is 4.79 Å². The van der Waals surface area contributed by atoms with Crippen molar-refractivity contribution in [3.8, 4) is 0 Å². The molecule has 1 rings (SSSR count). The Balaban J connectivity index is 2.39. The largest absolute Gasteiger partial charge is 0.481 e. The lowest BCUT2D eigenvalue weighted by Gasteiger charge is -2.19. The molecule has 2 N–H and O–H groups in total. The van der Waals surface area contributed by atoms with E-state index in [1.807, 2.05) is 6.07 Å². The molecule has 0 aromatic carbocycles. The van der Waals surface area contributed by atoms with E-state index in [0.29, 0.717) is 10.9 Å². The van der Waals surface area contributed by atoms with Gasteiger partial charge in [0.1, 0.15) is 0 Å². The molecule has 0 radical (unpaired) electrons. The number of nitrogens with one attached hydrogen (secondary N) is 1. The summed E-state index contributed by atoms with van der Waals surface area (Å²) in [6.45, 7) is 0.594. The monoisotopic (exact) mass is 320 g/mol. The van der Waals surface area contributed by atoms with E-state index in [-0.39, 0.29) is 19.0 Å². The van der Waals surface area contributed by atoms with Gasteiger partial charge in [-0.25, -0.2) is 4.79 Å². The number of carboxylic acid groups (broad SMARTS) is 1. The van der Waals surface area contributed by atoms with E-state index < -0.39 is 12.1 Å². The third-order valence-electron chi connectivity index (χ3n) is 2.59. The minimum absolute atomic E-state index is 0.150. The number of thiophene rings is 1. The van der Waals surface area contributed by atoms with Crippen LogP contribution >= 0.6 is 22.9 Å². The van der Waals surface area contributed by atoms with Gasteiger partial charge in [-0.15, -0.1) is 11.3 Å². The summed E-state index contributed by atoms with van der Waals surface area (Å²) in [5.74, 6) is -0.965. The van der Waals surface area contributed by atoms with E-state index in [1.165, 1.54) is 23.3 Å². The molecule has 1 unspecified atom stereocenters. The average molecular weight is 321 g/mol. The Labute approximate surface area is 126 Å². The molecule has 20 heavy (non-hydrogen) atoms. The topological polar surface area (TPSA) is 78.9 Å². The van der Waals surface area contributed by atoms with Crippen LogP contribution in [0.5, 0.6) is 0 Å². The van der Waals surface area contributed by atoms with Crippen LogP contribution in [-0.4, -0.2) is 48.8 Å². The third-order valence-corrected chi connectivity index (χ3v) is 3.80. The van der Waals surface area contributed by atoms with E-state index in [2.05, 4.69) is 5.32 Å². The summed E-state index contributed by atoms with van der Waals surface area (Å²) >= 11 is 7.23. The minimum atomic E-state index is -0.965. The number of carbonyl (C=O) groups is 2. The van der Waals surface area contributed by atoms with Crippen molar-refractivity contribution >= 4 is 34.9 Å². The SMILES string of the molecule is COC(CNC(=O)N(C)Cc1ccc(Cl)s1)CC(=O)O. The lowest BCUT2D eigenvalue weighted by Crippen LogP contribution is -2.41. The van der Waals surface area contributed by atoms with Crippen LogP contribution in [0.15, 0.2) is 12.1 Å². The molecule has 6 nitrogen and oxygen atoms in total.